The monoisotopic (exact) mass is 429 g/mol. The van der Waals surface area contributed by atoms with Crippen molar-refractivity contribution in [1.82, 2.24) is 14.8 Å². The number of hydrogen-bond acceptors (Lipinski definition) is 4. The number of rotatable bonds is 7. The Hall–Kier alpha value is -3.18. The van der Waals surface area contributed by atoms with Crippen molar-refractivity contribution >= 4 is 5.91 Å². The van der Waals surface area contributed by atoms with E-state index in [0.29, 0.717) is 13.0 Å². The number of ether oxygens (including phenoxy) is 1. The zero-order valence-electron chi connectivity index (χ0n) is 18.9. The molecule has 1 aliphatic heterocycles. The van der Waals surface area contributed by atoms with Crippen molar-refractivity contribution < 1.29 is 9.53 Å². The van der Waals surface area contributed by atoms with Crippen molar-refractivity contribution in [2.75, 3.05) is 33.3 Å². The van der Waals surface area contributed by atoms with Crippen molar-refractivity contribution in [3.05, 3.63) is 84.2 Å². The van der Waals surface area contributed by atoms with Crippen molar-refractivity contribution in [2.45, 2.75) is 19.9 Å². The molecule has 0 spiro atoms. The molecule has 0 radical (unpaired) electrons. The van der Waals surface area contributed by atoms with Crippen LogP contribution in [0.15, 0.2) is 73.1 Å². The fraction of sp³-hybridized carbons (Fsp3) is 0.333. The van der Waals surface area contributed by atoms with Gasteiger partial charge < -0.3 is 9.64 Å². The van der Waals surface area contributed by atoms with Gasteiger partial charge in [0.15, 0.2) is 0 Å². The topological polar surface area (TPSA) is 45.7 Å². The van der Waals surface area contributed by atoms with E-state index in [9.17, 15) is 4.79 Å². The van der Waals surface area contributed by atoms with Crippen molar-refractivity contribution in [2.24, 2.45) is 5.92 Å². The van der Waals surface area contributed by atoms with Gasteiger partial charge >= 0.3 is 0 Å². The summed E-state index contributed by atoms with van der Waals surface area (Å²) in [6.45, 7) is 5.85. The van der Waals surface area contributed by atoms with E-state index in [4.69, 9.17) is 4.74 Å². The SMILES string of the molecule is CCOc1ccc(CN2CCN(C)C(=O)C(Cc3ccccc3-c3cccnc3)C2)cc1. The van der Waals surface area contributed by atoms with Gasteiger partial charge in [0.1, 0.15) is 5.75 Å². The molecule has 1 aromatic heterocycles. The second kappa shape index (κ2) is 10.4. The first-order valence-corrected chi connectivity index (χ1v) is 11.3. The molecule has 3 aromatic rings. The molecule has 0 bridgehead atoms. The Labute approximate surface area is 190 Å². The number of aromatic nitrogens is 1. The summed E-state index contributed by atoms with van der Waals surface area (Å²) in [7, 11) is 1.92. The van der Waals surface area contributed by atoms with Crippen molar-refractivity contribution in [1.29, 1.82) is 0 Å². The molecule has 1 fully saturated rings. The van der Waals surface area contributed by atoms with E-state index in [1.54, 1.807) is 6.20 Å². The van der Waals surface area contributed by atoms with Crippen LogP contribution in [0.3, 0.4) is 0 Å². The summed E-state index contributed by atoms with van der Waals surface area (Å²) in [5.41, 5.74) is 4.66. The Bertz CT molecular complexity index is 1020. The highest BCUT2D eigenvalue weighted by atomic mass is 16.5. The molecule has 4 rings (SSSR count). The molecule has 166 valence electrons. The average Bonchev–Trinajstić information content (AvgIpc) is 2.95. The van der Waals surface area contributed by atoms with Gasteiger partial charge in [0, 0.05) is 51.2 Å². The number of benzene rings is 2. The van der Waals surface area contributed by atoms with Gasteiger partial charge in [-0.3, -0.25) is 14.7 Å². The Balaban J connectivity index is 1.52. The number of amides is 1. The lowest BCUT2D eigenvalue weighted by Crippen LogP contribution is -2.34. The highest BCUT2D eigenvalue weighted by Crippen LogP contribution is 2.27. The minimum absolute atomic E-state index is 0.0805. The van der Waals surface area contributed by atoms with Crippen LogP contribution in [0.5, 0.6) is 5.75 Å². The van der Waals surface area contributed by atoms with Crippen LogP contribution in [-0.4, -0.2) is 54.0 Å². The van der Waals surface area contributed by atoms with Gasteiger partial charge in [-0.15, -0.1) is 0 Å². The molecule has 0 saturated carbocycles. The Morgan fingerprint density at radius 2 is 1.84 bits per heavy atom. The molecule has 1 aliphatic rings. The molecular formula is C27H31N3O2. The lowest BCUT2D eigenvalue weighted by molar-refractivity contribution is -0.133. The minimum Gasteiger partial charge on any atom is -0.494 e. The third-order valence-corrected chi connectivity index (χ3v) is 6.05. The van der Waals surface area contributed by atoms with Crippen molar-refractivity contribution in [3.63, 3.8) is 0 Å². The van der Waals surface area contributed by atoms with E-state index < -0.39 is 0 Å². The van der Waals surface area contributed by atoms with Crippen LogP contribution < -0.4 is 4.74 Å². The van der Waals surface area contributed by atoms with Gasteiger partial charge in [0.2, 0.25) is 5.91 Å². The largest absolute Gasteiger partial charge is 0.494 e. The predicted molar refractivity (Wildman–Crippen MR) is 127 cm³/mol. The molecular weight excluding hydrogens is 398 g/mol. The summed E-state index contributed by atoms with van der Waals surface area (Å²) in [4.78, 5) is 21.7. The second-order valence-electron chi connectivity index (χ2n) is 8.37. The van der Waals surface area contributed by atoms with Gasteiger partial charge in [0.05, 0.1) is 12.5 Å². The minimum atomic E-state index is -0.0805. The fourth-order valence-electron chi connectivity index (χ4n) is 4.37. The van der Waals surface area contributed by atoms with Gasteiger partial charge in [-0.05, 0) is 48.2 Å². The zero-order valence-corrected chi connectivity index (χ0v) is 18.9. The van der Waals surface area contributed by atoms with E-state index in [2.05, 4.69) is 46.3 Å². The van der Waals surface area contributed by atoms with Crippen LogP contribution in [0.4, 0.5) is 0 Å². The molecule has 32 heavy (non-hydrogen) atoms. The Kier molecular flexibility index (Phi) is 7.17. The summed E-state index contributed by atoms with van der Waals surface area (Å²) < 4.78 is 5.56. The molecule has 5 heteroatoms. The molecule has 2 heterocycles. The first-order valence-electron chi connectivity index (χ1n) is 11.3. The maximum absolute atomic E-state index is 13.2. The van der Waals surface area contributed by atoms with E-state index >= 15 is 0 Å². The maximum atomic E-state index is 13.2. The molecule has 1 saturated heterocycles. The molecule has 0 aliphatic carbocycles. The second-order valence-corrected chi connectivity index (χ2v) is 8.37. The first kappa shape index (κ1) is 22.0. The summed E-state index contributed by atoms with van der Waals surface area (Å²) in [6.07, 6.45) is 4.39. The van der Waals surface area contributed by atoms with Gasteiger partial charge in [-0.1, -0.05) is 42.5 Å². The van der Waals surface area contributed by atoms with Crippen LogP contribution >= 0.6 is 0 Å². The van der Waals surface area contributed by atoms with Crippen LogP contribution in [0, 0.1) is 5.92 Å². The van der Waals surface area contributed by atoms with Gasteiger partial charge in [0.25, 0.3) is 0 Å². The number of carbonyl (C=O) groups is 1. The number of pyridine rings is 1. The standard InChI is InChI=1S/C27H31N3O2/c1-3-32-25-12-10-21(11-13-25)19-30-16-15-29(2)27(31)24(20-30)17-22-7-4-5-9-26(22)23-8-6-14-28-18-23/h4-14,18,24H,3,15-17,19-20H2,1-2H3. The Morgan fingerprint density at radius 3 is 2.59 bits per heavy atom. The summed E-state index contributed by atoms with van der Waals surface area (Å²) >= 11 is 0. The highest BCUT2D eigenvalue weighted by Gasteiger charge is 2.29. The average molecular weight is 430 g/mol. The lowest BCUT2D eigenvalue weighted by Gasteiger charge is -2.24. The molecule has 1 unspecified atom stereocenters. The first-order chi connectivity index (χ1) is 15.6. The van der Waals surface area contributed by atoms with E-state index in [1.807, 2.05) is 49.3 Å². The number of carbonyl (C=O) groups excluding carboxylic acids is 1. The zero-order chi connectivity index (χ0) is 22.3. The van der Waals surface area contributed by atoms with Crippen LogP contribution in [0.2, 0.25) is 0 Å². The molecule has 0 N–H and O–H groups in total. The van der Waals surface area contributed by atoms with E-state index in [-0.39, 0.29) is 11.8 Å². The number of nitrogens with zero attached hydrogens (tertiary/aromatic N) is 3. The summed E-state index contributed by atoms with van der Waals surface area (Å²) in [6, 6.07) is 20.7. The fourth-order valence-corrected chi connectivity index (χ4v) is 4.37. The Morgan fingerprint density at radius 1 is 1.03 bits per heavy atom. The molecule has 2 aromatic carbocycles. The van der Waals surface area contributed by atoms with Crippen LogP contribution in [0.1, 0.15) is 18.1 Å². The van der Waals surface area contributed by atoms with Crippen molar-refractivity contribution in [3.8, 4) is 16.9 Å². The third kappa shape index (κ3) is 5.35. The van der Waals surface area contributed by atoms with Gasteiger partial charge in [-0.2, -0.15) is 0 Å². The third-order valence-electron chi connectivity index (χ3n) is 6.05. The van der Waals surface area contributed by atoms with Gasteiger partial charge in [-0.25, -0.2) is 0 Å². The molecule has 1 atom stereocenters. The maximum Gasteiger partial charge on any atom is 0.227 e. The number of likely N-dealkylation sites (N-methyl/N-ethyl adjacent to an activating group) is 1. The molecule has 5 nitrogen and oxygen atoms in total. The molecule has 1 amide bonds. The summed E-state index contributed by atoms with van der Waals surface area (Å²) in [5, 5.41) is 0. The highest BCUT2D eigenvalue weighted by molar-refractivity contribution is 5.80. The van der Waals surface area contributed by atoms with Crippen LogP contribution in [-0.2, 0) is 17.8 Å². The quantitative estimate of drug-likeness (QED) is 0.562. The predicted octanol–water partition coefficient (Wildman–Crippen LogP) is 4.28. The smallest absolute Gasteiger partial charge is 0.227 e. The summed E-state index contributed by atoms with van der Waals surface area (Å²) in [5.74, 6) is 1.04. The van der Waals surface area contributed by atoms with Crippen LogP contribution in [0.25, 0.3) is 11.1 Å². The lowest BCUT2D eigenvalue weighted by atomic mass is 9.91. The number of hydrogen-bond donors (Lipinski definition) is 0. The van der Waals surface area contributed by atoms with E-state index in [1.165, 1.54) is 11.1 Å². The normalized spacial score (nSPS) is 17.2. The van der Waals surface area contributed by atoms with E-state index in [0.717, 1.165) is 43.1 Å².